The number of rotatable bonds is 4. The van der Waals surface area contributed by atoms with Gasteiger partial charge in [0.25, 0.3) is 11.8 Å². The van der Waals surface area contributed by atoms with Crippen molar-refractivity contribution < 1.29 is 27.8 Å². The second kappa shape index (κ2) is 8.24. The number of methoxy groups -OCH3 is 2. The molecule has 0 saturated carbocycles. The van der Waals surface area contributed by atoms with E-state index in [1.807, 2.05) is 0 Å². The van der Waals surface area contributed by atoms with Crippen molar-refractivity contribution in [3.63, 3.8) is 0 Å². The first-order valence-electron chi connectivity index (χ1n) is 8.71. The predicted octanol–water partition coefficient (Wildman–Crippen LogP) is 2.58. The molecule has 0 N–H and O–H groups in total. The van der Waals surface area contributed by atoms with E-state index in [0.717, 1.165) is 12.1 Å². The molecule has 2 aromatic rings. The molecule has 28 heavy (non-hydrogen) atoms. The molecule has 0 aliphatic carbocycles. The normalized spacial score (nSPS) is 14.0. The molecule has 2 aromatic carbocycles. The van der Waals surface area contributed by atoms with Crippen LogP contribution >= 0.6 is 0 Å². The minimum absolute atomic E-state index is 0.187. The lowest BCUT2D eigenvalue weighted by molar-refractivity contribution is 0.0529. The summed E-state index contributed by atoms with van der Waals surface area (Å²) >= 11 is 0. The van der Waals surface area contributed by atoms with Crippen LogP contribution in [0.1, 0.15) is 20.7 Å². The van der Waals surface area contributed by atoms with Gasteiger partial charge in [0, 0.05) is 32.2 Å². The topological polar surface area (TPSA) is 59.1 Å². The molecule has 1 fully saturated rings. The van der Waals surface area contributed by atoms with Crippen LogP contribution in [0.15, 0.2) is 36.4 Å². The number of carbonyl (C=O) groups is 2. The van der Waals surface area contributed by atoms with Crippen molar-refractivity contribution in [1.29, 1.82) is 0 Å². The van der Waals surface area contributed by atoms with Gasteiger partial charge in [-0.1, -0.05) is 6.07 Å². The van der Waals surface area contributed by atoms with Crippen LogP contribution in [0.3, 0.4) is 0 Å². The van der Waals surface area contributed by atoms with Gasteiger partial charge in [-0.15, -0.1) is 0 Å². The summed E-state index contributed by atoms with van der Waals surface area (Å²) in [5, 5.41) is 0. The van der Waals surface area contributed by atoms with Gasteiger partial charge in [-0.25, -0.2) is 8.78 Å². The Labute approximate surface area is 161 Å². The molecule has 0 aromatic heterocycles. The van der Waals surface area contributed by atoms with Gasteiger partial charge < -0.3 is 19.3 Å². The Morgan fingerprint density at radius 1 is 0.857 bits per heavy atom. The number of piperazine rings is 1. The largest absolute Gasteiger partial charge is 0.496 e. The molecule has 0 bridgehead atoms. The highest BCUT2D eigenvalue weighted by Gasteiger charge is 2.29. The average molecular weight is 390 g/mol. The van der Waals surface area contributed by atoms with E-state index in [-0.39, 0.29) is 37.6 Å². The summed E-state index contributed by atoms with van der Waals surface area (Å²) in [7, 11) is 2.94. The van der Waals surface area contributed by atoms with Crippen LogP contribution in [0.4, 0.5) is 8.78 Å². The third-order valence-electron chi connectivity index (χ3n) is 4.66. The second-order valence-electron chi connectivity index (χ2n) is 6.25. The maximum absolute atomic E-state index is 13.9. The summed E-state index contributed by atoms with van der Waals surface area (Å²) in [4.78, 5) is 28.5. The summed E-state index contributed by atoms with van der Waals surface area (Å²) in [6.07, 6.45) is 0. The number of benzene rings is 2. The maximum atomic E-state index is 13.9. The summed E-state index contributed by atoms with van der Waals surface area (Å²) in [6.45, 7) is 1.01. The number of hydrogen-bond acceptors (Lipinski definition) is 4. The molecular weight excluding hydrogens is 370 g/mol. The number of halogens is 2. The van der Waals surface area contributed by atoms with Crippen molar-refractivity contribution in [2.45, 2.75) is 0 Å². The van der Waals surface area contributed by atoms with Gasteiger partial charge >= 0.3 is 0 Å². The van der Waals surface area contributed by atoms with Gasteiger partial charge in [0.15, 0.2) is 0 Å². The third-order valence-corrected chi connectivity index (χ3v) is 4.66. The van der Waals surface area contributed by atoms with Gasteiger partial charge in [0.1, 0.15) is 28.7 Å². The zero-order valence-corrected chi connectivity index (χ0v) is 15.6. The monoisotopic (exact) mass is 390 g/mol. The molecule has 148 valence electrons. The Bertz CT molecular complexity index is 874. The van der Waals surface area contributed by atoms with E-state index in [4.69, 9.17) is 9.47 Å². The van der Waals surface area contributed by atoms with Gasteiger partial charge in [-0.05, 0) is 24.3 Å². The second-order valence-corrected chi connectivity index (χ2v) is 6.25. The van der Waals surface area contributed by atoms with Crippen molar-refractivity contribution in [1.82, 2.24) is 9.80 Å². The lowest BCUT2D eigenvalue weighted by atomic mass is 10.1. The number of carbonyl (C=O) groups excluding carboxylic acids is 2. The first-order valence-corrected chi connectivity index (χ1v) is 8.71. The first-order chi connectivity index (χ1) is 13.5. The van der Waals surface area contributed by atoms with Crippen LogP contribution in [0.5, 0.6) is 11.5 Å². The highest BCUT2D eigenvalue weighted by atomic mass is 19.1. The molecular formula is C20H20F2N2O4. The maximum Gasteiger partial charge on any atom is 0.261 e. The van der Waals surface area contributed by atoms with Gasteiger partial charge in [0.2, 0.25) is 0 Å². The highest BCUT2D eigenvalue weighted by molar-refractivity contribution is 6.00. The molecule has 0 atom stereocenters. The zero-order valence-electron chi connectivity index (χ0n) is 15.6. The van der Waals surface area contributed by atoms with E-state index < -0.39 is 17.5 Å². The van der Waals surface area contributed by atoms with Crippen molar-refractivity contribution in [2.24, 2.45) is 0 Å². The van der Waals surface area contributed by atoms with Crippen molar-refractivity contribution in [3.05, 3.63) is 59.2 Å². The number of amides is 2. The zero-order chi connectivity index (χ0) is 20.3. The van der Waals surface area contributed by atoms with Crippen LogP contribution < -0.4 is 9.47 Å². The predicted molar refractivity (Wildman–Crippen MR) is 97.7 cm³/mol. The summed E-state index contributed by atoms with van der Waals surface area (Å²) in [6, 6.07) is 7.93. The molecule has 8 heteroatoms. The Morgan fingerprint density at radius 3 is 1.89 bits per heavy atom. The fraction of sp³-hybridized carbons (Fsp3) is 0.300. The fourth-order valence-electron chi connectivity index (χ4n) is 3.17. The minimum Gasteiger partial charge on any atom is -0.496 e. The third kappa shape index (κ3) is 3.76. The van der Waals surface area contributed by atoms with Gasteiger partial charge in [0.05, 0.1) is 19.8 Å². The molecule has 2 amide bonds. The summed E-state index contributed by atoms with van der Waals surface area (Å²) in [5.41, 5.74) is 0.129. The van der Waals surface area contributed by atoms with Gasteiger partial charge in [-0.3, -0.25) is 9.59 Å². The summed E-state index contributed by atoms with van der Waals surface area (Å²) < 4.78 is 37.5. The standard InChI is InChI=1S/C20H20F2N2O4/c1-27-16-4-3-5-17(28-2)18(16)20(26)24-10-8-23(9-11-24)19(25)14-7-6-13(21)12-15(14)22/h3-7,12H,8-11H2,1-2H3. The van der Waals surface area contributed by atoms with Crippen LogP contribution in [0.2, 0.25) is 0 Å². The van der Waals surface area contributed by atoms with Gasteiger partial charge in [-0.2, -0.15) is 0 Å². The SMILES string of the molecule is COc1cccc(OC)c1C(=O)N1CCN(C(=O)c2ccc(F)cc2F)CC1. The molecule has 6 nitrogen and oxygen atoms in total. The molecule has 3 rings (SSSR count). The van der Waals surface area contributed by atoms with E-state index in [0.29, 0.717) is 23.1 Å². The quantitative estimate of drug-likeness (QED) is 0.805. The van der Waals surface area contributed by atoms with Crippen LogP contribution in [-0.4, -0.2) is 62.0 Å². The lowest BCUT2D eigenvalue weighted by Gasteiger charge is -2.35. The molecule has 1 aliphatic heterocycles. The summed E-state index contributed by atoms with van der Waals surface area (Å²) in [5.74, 6) is -1.64. The molecule has 0 unspecified atom stereocenters. The Kier molecular flexibility index (Phi) is 5.77. The Morgan fingerprint density at radius 2 is 1.39 bits per heavy atom. The average Bonchev–Trinajstić information content (AvgIpc) is 2.72. The van der Waals surface area contributed by atoms with E-state index >= 15 is 0 Å². The van der Waals surface area contributed by atoms with Crippen LogP contribution in [0.25, 0.3) is 0 Å². The van der Waals surface area contributed by atoms with Crippen molar-refractivity contribution >= 4 is 11.8 Å². The fourth-order valence-corrected chi connectivity index (χ4v) is 3.17. The number of nitrogens with zero attached hydrogens (tertiary/aromatic N) is 2. The van der Waals surface area contributed by atoms with E-state index in [1.165, 1.54) is 19.1 Å². The number of ether oxygens (including phenoxy) is 2. The molecule has 1 aliphatic rings. The Balaban J connectivity index is 1.72. The first kappa shape index (κ1) is 19.6. The molecule has 1 saturated heterocycles. The Hall–Kier alpha value is -3.16. The number of hydrogen-bond donors (Lipinski definition) is 0. The molecule has 0 spiro atoms. The van der Waals surface area contributed by atoms with Crippen LogP contribution in [0, 0.1) is 11.6 Å². The molecule has 0 radical (unpaired) electrons. The van der Waals surface area contributed by atoms with E-state index in [9.17, 15) is 18.4 Å². The minimum atomic E-state index is -0.901. The van der Waals surface area contributed by atoms with Crippen LogP contribution in [-0.2, 0) is 0 Å². The van der Waals surface area contributed by atoms with Crippen molar-refractivity contribution in [3.8, 4) is 11.5 Å². The van der Waals surface area contributed by atoms with Crippen molar-refractivity contribution in [2.75, 3.05) is 40.4 Å². The molecule has 1 heterocycles. The van der Waals surface area contributed by atoms with E-state index in [2.05, 4.69) is 0 Å². The highest BCUT2D eigenvalue weighted by Crippen LogP contribution is 2.30. The smallest absolute Gasteiger partial charge is 0.261 e. The van der Waals surface area contributed by atoms with E-state index in [1.54, 1.807) is 23.1 Å². The lowest BCUT2D eigenvalue weighted by Crippen LogP contribution is -2.50.